The molecule has 1 atom stereocenters. The first-order valence-corrected chi connectivity index (χ1v) is 5.76. The molecule has 1 rings (SSSR count). The standard InChI is InChI=1S/C14H21NO/c1-5-14(4,9-15)13(16)12-7-10(2)6-11(3)8-12/h6-8H,5,9,15H2,1-4H3. The maximum atomic E-state index is 12.4. The monoisotopic (exact) mass is 219 g/mol. The normalized spacial score (nSPS) is 14.6. The fraction of sp³-hybridized carbons (Fsp3) is 0.500. The SMILES string of the molecule is CCC(C)(CN)C(=O)c1cc(C)cc(C)c1. The molecule has 0 heterocycles. The van der Waals surface area contributed by atoms with Crippen LogP contribution in [0.1, 0.15) is 41.8 Å². The van der Waals surface area contributed by atoms with Crippen LogP contribution in [0.5, 0.6) is 0 Å². The van der Waals surface area contributed by atoms with E-state index in [0.29, 0.717) is 6.54 Å². The maximum absolute atomic E-state index is 12.4. The largest absolute Gasteiger partial charge is 0.329 e. The molecule has 2 heteroatoms. The van der Waals surface area contributed by atoms with E-state index < -0.39 is 5.41 Å². The highest BCUT2D eigenvalue weighted by molar-refractivity contribution is 6.00. The Morgan fingerprint density at radius 3 is 2.12 bits per heavy atom. The van der Waals surface area contributed by atoms with Crippen LogP contribution in [0.4, 0.5) is 0 Å². The van der Waals surface area contributed by atoms with E-state index in [1.807, 2.05) is 39.8 Å². The van der Waals surface area contributed by atoms with Gasteiger partial charge in [0.2, 0.25) is 0 Å². The summed E-state index contributed by atoms with van der Waals surface area (Å²) in [5.41, 5.74) is 8.31. The molecule has 0 amide bonds. The topological polar surface area (TPSA) is 43.1 Å². The van der Waals surface area contributed by atoms with E-state index in [2.05, 4.69) is 6.07 Å². The number of hydrogen-bond acceptors (Lipinski definition) is 2. The Kier molecular flexibility index (Phi) is 3.87. The fourth-order valence-electron chi connectivity index (χ4n) is 1.85. The average Bonchev–Trinajstić information content (AvgIpc) is 2.25. The zero-order valence-electron chi connectivity index (χ0n) is 10.6. The van der Waals surface area contributed by atoms with Crippen molar-refractivity contribution in [3.05, 3.63) is 34.9 Å². The van der Waals surface area contributed by atoms with Crippen LogP contribution in [0.2, 0.25) is 0 Å². The van der Waals surface area contributed by atoms with E-state index in [0.717, 1.165) is 23.1 Å². The van der Waals surface area contributed by atoms with Gasteiger partial charge >= 0.3 is 0 Å². The molecule has 0 aliphatic rings. The highest BCUT2D eigenvalue weighted by atomic mass is 16.1. The minimum atomic E-state index is -0.430. The molecule has 1 unspecified atom stereocenters. The van der Waals surface area contributed by atoms with Crippen LogP contribution in [-0.4, -0.2) is 12.3 Å². The lowest BCUT2D eigenvalue weighted by Crippen LogP contribution is -2.35. The molecule has 0 aromatic heterocycles. The highest BCUT2D eigenvalue weighted by Crippen LogP contribution is 2.26. The van der Waals surface area contributed by atoms with Crippen molar-refractivity contribution in [1.82, 2.24) is 0 Å². The first kappa shape index (κ1) is 12.9. The van der Waals surface area contributed by atoms with Gasteiger partial charge in [-0.2, -0.15) is 0 Å². The summed E-state index contributed by atoms with van der Waals surface area (Å²) < 4.78 is 0. The van der Waals surface area contributed by atoms with Crippen molar-refractivity contribution in [3.8, 4) is 0 Å². The van der Waals surface area contributed by atoms with Gasteiger partial charge in [0.15, 0.2) is 5.78 Å². The predicted octanol–water partition coefficient (Wildman–Crippen LogP) is 2.86. The Hall–Kier alpha value is -1.15. The molecule has 2 nitrogen and oxygen atoms in total. The fourth-order valence-corrected chi connectivity index (χ4v) is 1.85. The second-order valence-electron chi connectivity index (χ2n) is 4.82. The quantitative estimate of drug-likeness (QED) is 0.791. The molecular weight excluding hydrogens is 198 g/mol. The summed E-state index contributed by atoms with van der Waals surface area (Å²) in [6.07, 6.45) is 0.773. The molecule has 0 aliphatic carbocycles. The van der Waals surface area contributed by atoms with Gasteiger partial charge in [-0.1, -0.05) is 31.0 Å². The van der Waals surface area contributed by atoms with Crippen LogP contribution in [0.3, 0.4) is 0 Å². The Bertz CT molecular complexity index is 371. The van der Waals surface area contributed by atoms with Crippen molar-refractivity contribution < 1.29 is 4.79 Å². The van der Waals surface area contributed by atoms with Gasteiger partial charge in [0.25, 0.3) is 0 Å². The summed E-state index contributed by atoms with van der Waals surface area (Å²) in [5, 5.41) is 0. The van der Waals surface area contributed by atoms with Crippen LogP contribution < -0.4 is 5.73 Å². The molecule has 1 aromatic rings. The first-order chi connectivity index (χ1) is 7.42. The van der Waals surface area contributed by atoms with Gasteiger partial charge in [-0.05, 0) is 32.4 Å². The van der Waals surface area contributed by atoms with E-state index in [9.17, 15) is 4.79 Å². The van der Waals surface area contributed by atoms with Gasteiger partial charge in [0.1, 0.15) is 0 Å². The van der Waals surface area contributed by atoms with Crippen LogP contribution in [0, 0.1) is 19.3 Å². The summed E-state index contributed by atoms with van der Waals surface area (Å²) >= 11 is 0. The second-order valence-corrected chi connectivity index (χ2v) is 4.82. The zero-order chi connectivity index (χ0) is 12.3. The summed E-state index contributed by atoms with van der Waals surface area (Å²) in [6.45, 7) is 8.36. The van der Waals surface area contributed by atoms with E-state index in [1.54, 1.807) is 0 Å². The molecule has 0 saturated heterocycles. The lowest BCUT2D eigenvalue weighted by Gasteiger charge is -2.25. The van der Waals surface area contributed by atoms with Gasteiger partial charge < -0.3 is 5.73 Å². The van der Waals surface area contributed by atoms with E-state index in [1.165, 1.54) is 0 Å². The lowest BCUT2D eigenvalue weighted by molar-refractivity contribution is 0.0820. The number of nitrogens with two attached hydrogens (primary N) is 1. The van der Waals surface area contributed by atoms with Crippen molar-refractivity contribution in [2.24, 2.45) is 11.1 Å². The number of Topliss-reactive ketones (excluding diaryl/α,β-unsaturated/α-hetero) is 1. The molecule has 0 bridgehead atoms. The third-order valence-electron chi connectivity index (χ3n) is 3.26. The summed E-state index contributed by atoms with van der Waals surface area (Å²) in [7, 11) is 0. The van der Waals surface area contributed by atoms with Crippen molar-refractivity contribution in [2.45, 2.75) is 34.1 Å². The molecule has 0 saturated carbocycles. The van der Waals surface area contributed by atoms with Gasteiger partial charge in [0.05, 0.1) is 0 Å². The molecule has 0 spiro atoms. The van der Waals surface area contributed by atoms with Crippen molar-refractivity contribution >= 4 is 5.78 Å². The highest BCUT2D eigenvalue weighted by Gasteiger charge is 2.30. The number of ketones is 1. The third-order valence-corrected chi connectivity index (χ3v) is 3.26. The van der Waals surface area contributed by atoms with Gasteiger partial charge in [-0.25, -0.2) is 0 Å². The maximum Gasteiger partial charge on any atom is 0.169 e. The smallest absolute Gasteiger partial charge is 0.169 e. The molecule has 1 aromatic carbocycles. The lowest BCUT2D eigenvalue weighted by atomic mass is 9.79. The zero-order valence-corrected chi connectivity index (χ0v) is 10.6. The van der Waals surface area contributed by atoms with Crippen molar-refractivity contribution in [2.75, 3.05) is 6.54 Å². The Morgan fingerprint density at radius 2 is 1.75 bits per heavy atom. The van der Waals surface area contributed by atoms with Gasteiger partial charge in [-0.15, -0.1) is 0 Å². The summed E-state index contributed by atoms with van der Waals surface area (Å²) in [6, 6.07) is 5.96. The van der Waals surface area contributed by atoms with Crippen LogP contribution >= 0.6 is 0 Å². The van der Waals surface area contributed by atoms with Crippen molar-refractivity contribution in [1.29, 1.82) is 0 Å². The minimum absolute atomic E-state index is 0.157. The Labute approximate surface area is 97.9 Å². The van der Waals surface area contributed by atoms with Crippen molar-refractivity contribution in [3.63, 3.8) is 0 Å². The second kappa shape index (κ2) is 4.79. The Balaban J connectivity index is 3.13. The molecule has 16 heavy (non-hydrogen) atoms. The number of carbonyl (C=O) groups excluding carboxylic acids is 1. The molecule has 0 fully saturated rings. The van der Waals surface area contributed by atoms with E-state index in [-0.39, 0.29) is 5.78 Å². The first-order valence-electron chi connectivity index (χ1n) is 5.76. The van der Waals surface area contributed by atoms with Crippen LogP contribution in [0.25, 0.3) is 0 Å². The van der Waals surface area contributed by atoms with Crippen LogP contribution in [0.15, 0.2) is 18.2 Å². The predicted molar refractivity (Wildman–Crippen MR) is 67.7 cm³/mol. The Morgan fingerprint density at radius 1 is 1.25 bits per heavy atom. The molecule has 88 valence electrons. The summed E-state index contributed by atoms with van der Waals surface area (Å²) in [5.74, 6) is 0.157. The molecule has 0 radical (unpaired) electrons. The number of carbonyl (C=O) groups is 1. The average molecular weight is 219 g/mol. The molecular formula is C14H21NO. The van der Waals surface area contributed by atoms with E-state index in [4.69, 9.17) is 5.73 Å². The number of aryl methyl sites for hydroxylation is 2. The number of hydrogen-bond donors (Lipinski definition) is 1. The third kappa shape index (κ3) is 2.50. The van der Waals surface area contributed by atoms with Gasteiger partial charge in [0, 0.05) is 17.5 Å². The van der Waals surface area contributed by atoms with Gasteiger partial charge in [-0.3, -0.25) is 4.79 Å². The number of benzene rings is 1. The number of rotatable bonds is 4. The minimum Gasteiger partial charge on any atom is -0.329 e. The van der Waals surface area contributed by atoms with Crippen LogP contribution in [-0.2, 0) is 0 Å². The molecule has 2 N–H and O–H groups in total. The molecule has 0 aliphatic heterocycles. The summed E-state index contributed by atoms with van der Waals surface area (Å²) in [4.78, 5) is 12.4. The van der Waals surface area contributed by atoms with E-state index >= 15 is 0 Å².